The van der Waals surface area contributed by atoms with Gasteiger partial charge in [-0.05, 0) is 47.9 Å². The van der Waals surface area contributed by atoms with Crippen molar-refractivity contribution >= 4 is 23.1 Å². The Morgan fingerprint density at radius 2 is 1.86 bits per heavy atom. The summed E-state index contributed by atoms with van der Waals surface area (Å²) in [7, 11) is 3.88. The van der Waals surface area contributed by atoms with Crippen LogP contribution in [0.2, 0.25) is 0 Å². The smallest absolute Gasteiger partial charge is 0.295 e. The number of benzene rings is 2. The summed E-state index contributed by atoms with van der Waals surface area (Å²) in [6, 6.07) is 17.5. The highest BCUT2D eigenvalue weighted by Crippen LogP contribution is 2.41. The van der Waals surface area contributed by atoms with E-state index in [-0.39, 0.29) is 17.9 Å². The van der Waals surface area contributed by atoms with Gasteiger partial charge in [0, 0.05) is 44.3 Å². The standard InChI is InChI=1S/C28H29N3O4/c1-4-15-35-23-9-5-8-21(16-23)26(32)24-25(20-10-12-22(13-11-20)30(2)3)31(28(34)27(24)33)18-19-7-6-14-29-17-19/h5-14,16-17,25,32H,4,15,18H2,1-3H3/b26-24+. The summed E-state index contributed by atoms with van der Waals surface area (Å²) in [5.41, 5.74) is 2.99. The SMILES string of the molecule is CCCOc1cccc(/C(O)=C2\C(=O)C(=O)N(Cc3cccnc3)C2c2ccc(N(C)C)cc2)c1. The van der Waals surface area contributed by atoms with Gasteiger partial charge in [-0.25, -0.2) is 0 Å². The van der Waals surface area contributed by atoms with Crippen molar-refractivity contribution in [3.8, 4) is 5.75 Å². The molecule has 1 atom stereocenters. The lowest BCUT2D eigenvalue weighted by Crippen LogP contribution is -2.29. The van der Waals surface area contributed by atoms with E-state index in [9.17, 15) is 14.7 Å². The summed E-state index contributed by atoms with van der Waals surface area (Å²) in [5, 5.41) is 11.3. The number of carbonyl (C=O) groups excluding carboxylic acids is 2. The highest BCUT2D eigenvalue weighted by atomic mass is 16.5. The van der Waals surface area contributed by atoms with Gasteiger partial charge in [0.2, 0.25) is 0 Å². The van der Waals surface area contributed by atoms with E-state index in [1.807, 2.05) is 56.3 Å². The van der Waals surface area contributed by atoms with E-state index in [1.165, 1.54) is 4.90 Å². The molecule has 1 aromatic heterocycles. The molecule has 1 fully saturated rings. The monoisotopic (exact) mass is 471 g/mol. The zero-order chi connectivity index (χ0) is 24.9. The van der Waals surface area contributed by atoms with Gasteiger partial charge in [0.25, 0.3) is 11.7 Å². The Hall–Kier alpha value is -4.13. The number of carbonyl (C=O) groups is 2. The van der Waals surface area contributed by atoms with Crippen molar-refractivity contribution in [3.05, 3.63) is 95.3 Å². The number of aromatic nitrogens is 1. The summed E-state index contributed by atoms with van der Waals surface area (Å²) in [6.45, 7) is 2.74. The maximum absolute atomic E-state index is 13.3. The number of hydrogen-bond acceptors (Lipinski definition) is 6. The molecule has 0 radical (unpaired) electrons. The van der Waals surface area contributed by atoms with Gasteiger partial charge in [0.05, 0.1) is 18.2 Å². The molecule has 1 saturated heterocycles. The predicted molar refractivity (Wildman–Crippen MR) is 135 cm³/mol. The van der Waals surface area contributed by atoms with Gasteiger partial charge in [-0.2, -0.15) is 0 Å². The first-order chi connectivity index (χ1) is 16.9. The fourth-order valence-electron chi connectivity index (χ4n) is 4.14. The van der Waals surface area contributed by atoms with Crippen molar-refractivity contribution in [2.45, 2.75) is 25.9 Å². The summed E-state index contributed by atoms with van der Waals surface area (Å²) in [4.78, 5) is 34.1. The Balaban J connectivity index is 1.82. The zero-order valence-corrected chi connectivity index (χ0v) is 20.1. The first kappa shape index (κ1) is 24.0. The van der Waals surface area contributed by atoms with Gasteiger partial charge in [-0.15, -0.1) is 0 Å². The number of ketones is 1. The molecule has 0 bridgehead atoms. The van der Waals surface area contributed by atoms with Crippen LogP contribution in [-0.4, -0.2) is 47.4 Å². The molecule has 1 aliphatic heterocycles. The number of hydrogen-bond donors (Lipinski definition) is 1. The maximum Gasteiger partial charge on any atom is 0.295 e. The summed E-state index contributed by atoms with van der Waals surface area (Å²) in [5.74, 6) is -1.00. The van der Waals surface area contributed by atoms with E-state index < -0.39 is 17.7 Å². The molecule has 1 aliphatic rings. The fourth-order valence-corrected chi connectivity index (χ4v) is 4.14. The molecule has 7 heteroatoms. The molecular weight excluding hydrogens is 442 g/mol. The molecule has 2 aromatic carbocycles. The Morgan fingerprint density at radius 1 is 1.09 bits per heavy atom. The largest absolute Gasteiger partial charge is 0.507 e. The van der Waals surface area contributed by atoms with E-state index in [0.717, 1.165) is 23.2 Å². The number of nitrogens with zero attached hydrogens (tertiary/aromatic N) is 3. The second-order valence-electron chi connectivity index (χ2n) is 8.65. The lowest BCUT2D eigenvalue weighted by molar-refractivity contribution is -0.140. The van der Waals surface area contributed by atoms with Gasteiger partial charge >= 0.3 is 0 Å². The molecule has 1 unspecified atom stereocenters. The normalized spacial score (nSPS) is 17.0. The molecule has 180 valence electrons. The highest BCUT2D eigenvalue weighted by Gasteiger charge is 2.46. The average molecular weight is 472 g/mol. The third kappa shape index (κ3) is 5.04. The summed E-state index contributed by atoms with van der Waals surface area (Å²) < 4.78 is 5.70. The van der Waals surface area contributed by atoms with Crippen LogP contribution in [-0.2, 0) is 16.1 Å². The van der Waals surface area contributed by atoms with Crippen LogP contribution in [0.15, 0.2) is 78.6 Å². The number of likely N-dealkylation sites (tertiary alicyclic amines) is 1. The minimum absolute atomic E-state index is 0.0594. The van der Waals surface area contributed by atoms with Crippen LogP contribution in [0.3, 0.4) is 0 Å². The van der Waals surface area contributed by atoms with Crippen molar-refractivity contribution in [1.82, 2.24) is 9.88 Å². The average Bonchev–Trinajstić information content (AvgIpc) is 3.12. The second kappa shape index (κ2) is 10.4. The molecule has 1 N–H and O–H groups in total. The lowest BCUT2D eigenvalue weighted by Gasteiger charge is -2.26. The van der Waals surface area contributed by atoms with Crippen LogP contribution in [0, 0.1) is 0 Å². The molecule has 4 rings (SSSR count). The zero-order valence-electron chi connectivity index (χ0n) is 20.1. The van der Waals surface area contributed by atoms with E-state index in [0.29, 0.717) is 17.9 Å². The minimum Gasteiger partial charge on any atom is -0.507 e. The second-order valence-corrected chi connectivity index (χ2v) is 8.65. The van der Waals surface area contributed by atoms with Crippen molar-refractivity contribution in [2.75, 3.05) is 25.6 Å². The number of rotatable bonds is 8. The third-order valence-electron chi connectivity index (χ3n) is 5.92. The molecular formula is C28H29N3O4. The molecule has 35 heavy (non-hydrogen) atoms. The van der Waals surface area contributed by atoms with Crippen LogP contribution in [0.4, 0.5) is 5.69 Å². The first-order valence-corrected chi connectivity index (χ1v) is 11.6. The van der Waals surface area contributed by atoms with Crippen molar-refractivity contribution in [2.24, 2.45) is 0 Å². The number of ether oxygens (including phenoxy) is 1. The minimum atomic E-state index is -0.744. The van der Waals surface area contributed by atoms with E-state index in [1.54, 1.807) is 42.7 Å². The fraction of sp³-hybridized carbons (Fsp3) is 0.250. The molecule has 3 aromatic rings. The Kier molecular flexibility index (Phi) is 7.15. The topological polar surface area (TPSA) is 83.0 Å². The van der Waals surface area contributed by atoms with Crippen LogP contribution >= 0.6 is 0 Å². The van der Waals surface area contributed by atoms with Crippen molar-refractivity contribution in [3.63, 3.8) is 0 Å². The van der Waals surface area contributed by atoms with Crippen molar-refractivity contribution < 1.29 is 19.4 Å². The molecule has 1 amide bonds. The van der Waals surface area contributed by atoms with Crippen LogP contribution < -0.4 is 9.64 Å². The van der Waals surface area contributed by atoms with Gasteiger partial charge < -0.3 is 19.6 Å². The molecule has 7 nitrogen and oxygen atoms in total. The van der Waals surface area contributed by atoms with Crippen molar-refractivity contribution in [1.29, 1.82) is 0 Å². The third-order valence-corrected chi connectivity index (χ3v) is 5.92. The Bertz CT molecular complexity index is 1240. The number of pyridine rings is 1. The molecule has 2 heterocycles. The van der Waals surface area contributed by atoms with E-state index >= 15 is 0 Å². The highest BCUT2D eigenvalue weighted by molar-refractivity contribution is 6.46. The van der Waals surface area contributed by atoms with Gasteiger partial charge in [-0.3, -0.25) is 14.6 Å². The number of aliphatic hydroxyl groups excluding tert-OH is 1. The maximum atomic E-state index is 13.3. The Morgan fingerprint density at radius 3 is 2.51 bits per heavy atom. The molecule has 0 saturated carbocycles. The number of anilines is 1. The van der Waals surface area contributed by atoms with E-state index in [4.69, 9.17) is 4.74 Å². The quantitative estimate of drug-likeness (QED) is 0.295. The molecule has 0 aliphatic carbocycles. The van der Waals surface area contributed by atoms with Gasteiger partial charge in [0.1, 0.15) is 11.5 Å². The molecule has 0 spiro atoms. The van der Waals surface area contributed by atoms with Crippen LogP contribution in [0.1, 0.15) is 36.1 Å². The summed E-state index contributed by atoms with van der Waals surface area (Å²) in [6.07, 6.45) is 4.17. The van der Waals surface area contributed by atoms with Crippen LogP contribution in [0.25, 0.3) is 5.76 Å². The lowest BCUT2D eigenvalue weighted by atomic mass is 9.95. The number of aliphatic hydroxyl groups is 1. The van der Waals surface area contributed by atoms with E-state index in [2.05, 4.69) is 4.98 Å². The number of Topliss-reactive ketones (excluding diaryl/α,β-unsaturated/α-hetero) is 1. The summed E-state index contributed by atoms with van der Waals surface area (Å²) >= 11 is 0. The first-order valence-electron chi connectivity index (χ1n) is 11.6. The number of amides is 1. The predicted octanol–water partition coefficient (Wildman–Crippen LogP) is 4.56. The Labute approximate surface area is 205 Å². The van der Waals surface area contributed by atoms with Crippen LogP contribution in [0.5, 0.6) is 5.75 Å². The van der Waals surface area contributed by atoms with Gasteiger partial charge in [-0.1, -0.05) is 37.3 Å². The van der Waals surface area contributed by atoms with Gasteiger partial charge in [0.15, 0.2) is 0 Å².